The maximum absolute atomic E-state index is 9.63. The molecule has 0 saturated carbocycles. The van der Waals surface area contributed by atoms with Crippen LogP contribution >= 0.6 is 11.7 Å². The van der Waals surface area contributed by atoms with Crippen LogP contribution in [0.15, 0.2) is 24.5 Å². The SMILES string of the molecule is Cc1cc(O)cc(-c2ncn(/C=C\c3nsnc3C)n2)c1. The summed E-state index contributed by atoms with van der Waals surface area (Å²) < 4.78 is 9.88. The zero-order valence-corrected chi connectivity index (χ0v) is 12.4. The maximum atomic E-state index is 9.63. The highest BCUT2D eigenvalue weighted by Crippen LogP contribution is 2.22. The second-order valence-corrected chi connectivity index (χ2v) is 5.18. The molecular formula is C14H13N5OS. The van der Waals surface area contributed by atoms with Gasteiger partial charge in [-0.2, -0.15) is 8.75 Å². The van der Waals surface area contributed by atoms with E-state index in [1.54, 1.807) is 29.3 Å². The van der Waals surface area contributed by atoms with E-state index >= 15 is 0 Å². The third kappa shape index (κ3) is 2.97. The molecule has 0 bridgehead atoms. The Balaban J connectivity index is 1.86. The predicted octanol–water partition coefficient (Wildman–Crippen LogP) is 2.75. The molecule has 7 heteroatoms. The average Bonchev–Trinajstić information content (AvgIpc) is 3.04. The standard InChI is InChI=1S/C14H13N5OS/c1-9-5-11(7-12(20)6-9)14-15-8-19(16-14)4-3-13-10(2)17-21-18-13/h3-8,20H,1-2H3/b4-3-. The van der Waals surface area contributed by atoms with Crippen LogP contribution in [0.2, 0.25) is 0 Å². The summed E-state index contributed by atoms with van der Waals surface area (Å²) in [5, 5.41) is 14.0. The number of phenols is 1. The van der Waals surface area contributed by atoms with Crippen molar-refractivity contribution in [2.75, 3.05) is 0 Å². The molecule has 0 amide bonds. The van der Waals surface area contributed by atoms with Crippen LogP contribution in [0.3, 0.4) is 0 Å². The Kier molecular flexibility index (Phi) is 3.49. The molecule has 2 heterocycles. The van der Waals surface area contributed by atoms with Gasteiger partial charge in [0.25, 0.3) is 0 Å². The molecule has 0 radical (unpaired) electrons. The zero-order chi connectivity index (χ0) is 14.8. The largest absolute Gasteiger partial charge is 0.508 e. The minimum atomic E-state index is 0.209. The number of hydrogen-bond acceptors (Lipinski definition) is 6. The van der Waals surface area contributed by atoms with Crippen molar-refractivity contribution in [3.8, 4) is 17.1 Å². The first-order valence-electron chi connectivity index (χ1n) is 6.31. The number of hydrogen-bond donors (Lipinski definition) is 1. The zero-order valence-electron chi connectivity index (χ0n) is 11.6. The van der Waals surface area contributed by atoms with Gasteiger partial charge in [-0.3, -0.25) is 0 Å². The van der Waals surface area contributed by atoms with E-state index in [-0.39, 0.29) is 5.75 Å². The summed E-state index contributed by atoms with van der Waals surface area (Å²) in [7, 11) is 0. The van der Waals surface area contributed by atoms with Gasteiger partial charge >= 0.3 is 0 Å². The lowest BCUT2D eigenvalue weighted by Gasteiger charge is -1.99. The number of benzene rings is 1. The number of nitrogens with zero attached hydrogens (tertiary/aromatic N) is 5. The van der Waals surface area contributed by atoms with Crippen LogP contribution in [0.25, 0.3) is 23.7 Å². The number of aromatic hydroxyl groups is 1. The van der Waals surface area contributed by atoms with Crippen molar-refractivity contribution in [2.45, 2.75) is 13.8 Å². The molecule has 1 N–H and O–H groups in total. The quantitative estimate of drug-likeness (QED) is 0.804. The molecule has 0 aliphatic rings. The molecule has 0 saturated heterocycles. The first-order valence-corrected chi connectivity index (χ1v) is 7.04. The van der Waals surface area contributed by atoms with Gasteiger partial charge in [-0.1, -0.05) is 0 Å². The molecule has 21 heavy (non-hydrogen) atoms. The molecule has 3 aromatic rings. The van der Waals surface area contributed by atoms with Gasteiger partial charge in [-0.25, -0.2) is 9.67 Å². The summed E-state index contributed by atoms with van der Waals surface area (Å²) in [5.74, 6) is 0.771. The Bertz CT molecular complexity index is 785. The molecule has 0 unspecified atom stereocenters. The van der Waals surface area contributed by atoms with Crippen molar-refractivity contribution in [2.24, 2.45) is 0 Å². The fraction of sp³-hybridized carbons (Fsp3) is 0.143. The van der Waals surface area contributed by atoms with Crippen molar-refractivity contribution in [1.82, 2.24) is 23.5 Å². The minimum absolute atomic E-state index is 0.209. The second-order valence-electron chi connectivity index (χ2n) is 4.66. The topological polar surface area (TPSA) is 76.7 Å². The Labute approximate surface area is 125 Å². The van der Waals surface area contributed by atoms with E-state index in [0.717, 1.165) is 22.5 Å². The first-order chi connectivity index (χ1) is 10.1. The molecule has 0 atom stereocenters. The lowest BCUT2D eigenvalue weighted by molar-refractivity contribution is 0.475. The van der Waals surface area contributed by atoms with Crippen LogP contribution in [0.5, 0.6) is 5.75 Å². The fourth-order valence-electron chi connectivity index (χ4n) is 1.91. The van der Waals surface area contributed by atoms with E-state index in [1.807, 2.05) is 26.0 Å². The van der Waals surface area contributed by atoms with Crippen molar-refractivity contribution in [3.63, 3.8) is 0 Å². The maximum Gasteiger partial charge on any atom is 0.181 e. The van der Waals surface area contributed by atoms with Crippen LogP contribution in [0.4, 0.5) is 0 Å². The summed E-state index contributed by atoms with van der Waals surface area (Å²) in [6.45, 7) is 3.82. The van der Waals surface area contributed by atoms with Crippen LogP contribution in [-0.4, -0.2) is 28.6 Å². The van der Waals surface area contributed by atoms with E-state index < -0.39 is 0 Å². The molecular weight excluding hydrogens is 286 g/mol. The molecule has 0 spiro atoms. The van der Waals surface area contributed by atoms with Gasteiger partial charge in [0.15, 0.2) is 5.82 Å². The van der Waals surface area contributed by atoms with E-state index in [1.165, 1.54) is 11.7 Å². The Morgan fingerprint density at radius 1 is 1.19 bits per heavy atom. The van der Waals surface area contributed by atoms with Crippen molar-refractivity contribution >= 4 is 24.0 Å². The molecule has 6 nitrogen and oxygen atoms in total. The Hall–Kier alpha value is -2.54. The second kappa shape index (κ2) is 5.45. The number of rotatable bonds is 3. The van der Waals surface area contributed by atoms with Crippen LogP contribution in [0.1, 0.15) is 17.0 Å². The molecule has 106 valence electrons. The molecule has 2 aromatic heterocycles. The van der Waals surface area contributed by atoms with Gasteiger partial charge < -0.3 is 5.11 Å². The van der Waals surface area contributed by atoms with Crippen molar-refractivity contribution in [3.05, 3.63) is 41.5 Å². The van der Waals surface area contributed by atoms with Gasteiger partial charge in [0.1, 0.15) is 17.8 Å². The highest BCUT2D eigenvalue weighted by molar-refractivity contribution is 6.99. The van der Waals surface area contributed by atoms with E-state index in [0.29, 0.717) is 5.82 Å². The van der Waals surface area contributed by atoms with Gasteiger partial charge in [0, 0.05) is 11.8 Å². The summed E-state index contributed by atoms with van der Waals surface area (Å²) >= 11 is 1.18. The third-order valence-corrected chi connectivity index (χ3v) is 3.54. The summed E-state index contributed by atoms with van der Waals surface area (Å²) in [6, 6.07) is 5.26. The van der Waals surface area contributed by atoms with E-state index in [9.17, 15) is 5.11 Å². The summed E-state index contributed by atoms with van der Waals surface area (Å²) in [4.78, 5) is 4.25. The Morgan fingerprint density at radius 3 is 2.76 bits per heavy atom. The summed E-state index contributed by atoms with van der Waals surface area (Å²) in [5.41, 5.74) is 3.46. The molecule has 0 aliphatic carbocycles. The summed E-state index contributed by atoms with van der Waals surface area (Å²) in [6.07, 6.45) is 5.22. The Morgan fingerprint density at radius 2 is 2.05 bits per heavy atom. The average molecular weight is 299 g/mol. The lowest BCUT2D eigenvalue weighted by Crippen LogP contribution is -1.88. The smallest absolute Gasteiger partial charge is 0.181 e. The predicted molar refractivity (Wildman–Crippen MR) is 81.7 cm³/mol. The van der Waals surface area contributed by atoms with Crippen molar-refractivity contribution in [1.29, 1.82) is 0 Å². The van der Waals surface area contributed by atoms with E-state index in [2.05, 4.69) is 18.8 Å². The molecule has 0 aliphatic heterocycles. The highest BCUT2D eigenvalue weighted by Gasteiger charge is 2.06. The molecule has 0 fully saturated rings. The van der Waals surface area contributed by atoms with Crippen molar-refractivity contribution < 1.29 is 5.11 Å². The van der Waals surface area contributed by atoms with Crippen LogP contribution in [-0.2, 0) is 0 Å². The third-order valence-electron chi connectivity index (χ3n) is 2.90. The highest BCUT2D eigenvalue weighted by atomic mass is 32.1. The normalized spacial score (nSPS) is 11.3. The monoisotopic (exact) mass is 299 g/mol. The van der Waals surface area contributed by atoms with Crippen LogP contribution in [0, 0.1) is 13.8 Å². The molecule has 3 rings (SSSR count). The van der Waals surface area contributed by atoms with Gasteiger partial charge in [-0.05, 0) is 43.7 Å². The fourth-order valence-corrected chi connectivity index (χ4v) is 2.45. The van der Waals surface area contributed by atoms with E-state index in [4.69, 9.17) is 0 Å². The molecule has 1 aromatic carbocycles. The lowest BCUT2D eigenvalue weighted by atomic mass is 10.1. The van der Waals surface area contributed by atoms with Gasteiger partial charge in [0.05, 0.1) is 17.4 Å². The number of aryl methyl sites for hydroxylation is 2. The van der Waals surface area contributed by atoms with Gasteiger partial charge in [0.2, 0.25) is 0 Å². The first kappa shape index (κ1) is 13.4. The number of phenolic OH excluding ortho intramolecular Hbond substituents is 1. The number of aromatic nitrogens is 5. The van der Waals surface area contributed by atoms with Crippen LogP contribution < -0.4 is 0 Å². The minimum Gasteiger partial charge on any atom is -0.508 e. The van der Waals surface area contributed by atoms with Gasteiger partial charge in [-0.15, -0.1) is 5.10 Å².